The van der Waals surface area contributed by atoms with Gasteiger partial charge in [0.25, 0.3) is 0 Å². The monoisotopic (exact) mass is 306 g/mol. The predicted octanol–water partition coefficient (Wildman–Crippen LogP) is 3.40. The van der Waals surface area contributed by atoms with Gasteiger partial charge in [0, 0.05) is 19.0 Å². The van der Waals surface area contributed by atoms with Crippen LogP contribution in [0.1, 0.15) is 70.6 Å². The number of nitrogens with zero attached hydrogens (tertiary/aromatic N) is 3. The van der Waals surface area contributed by atoms with Gasteiger partial charge in [0.1, 0.15) is 0 Å². The summed E-state index contributed by atoms with van der Waals surface area (Å²) in [5.41, 5.74) is 1.27. The largest absolute Gasteiger partial charge is 0.339 e. The maximum Gasteiger partial charge on any atom is 0.318 e. The Kier molecular flexibility index (Phi) is 5.57. The lowest BCUT2D eigenvalue weighted by molar-refractivity contribution is 0.190. The lowest BCUT2D eigenvalue weighted by atomic mass is 10.2. The van der Waals surface area contributed by atoms with Crippen LogP contribution >= 0.6 is 0 Å². The van der Waals surface area contributed by atoms with Crippen molar-refractivity contribution in [3.05, 3.63) is 23.4 Å². The van der Waals surface area contributed by atoms with Gasteiger partial charge < -0.3 is 14.7 Å². The molecule has 1 saturated heterocycles. The Morgan fingerprint density at radius 3 is 2.91 bits per heavy atom. The number of amides is 2. The van der Waals surface area contributed by atoms with Crippen LogP contribution in [0.2, 0.25) is 0 Å². The molecule has 122 valence electrons. The standard InChI is InChI=1S/C16H26N4O2/c1-11(2)7-5-9-17-16(21)20-10-6-8-13(20)14-18-15(12(3)4)22-19-14/h7,12-13H,5-6,8-10H2,1-4H3,(H,17,21)/t13-/m1/s1. The lowest BCUT2D eigenvalue weighted by Crippen LogP contribution is -2.40. The maximum absolute atomic E-state index is 12.3. The third-order valence-electron chi connectivity index (χ3n) is 3.74. The van der Waals surface area contributed by atoms with E-state index in [2.05, 4.69) is 35.4 Å². The highest BCUT2D eigenvalue weighted by atomic mass is 16.5. The van der Waals surface area contributed by atoms with E-state index in [1.807, 2.05) is 18.7 Å². The van der Waals surface area contributed by atoms with Gasteiger partial charge in [-0.15, -0.1) is 0 Å². The van der Waals surface area contributed by atoms with Crippen molar-refractivity contribution in [1.29, 1.82) is 0 Å². The summed E-state index contributed by atoms with van der Waals surface area (Å²) in [6.45, 7) is 9.53. The maximum atomic E-state index is 12.3. The van der Waals surface area contributed by atoms with Gasteiger partial charge in [-0.2, -0.15) is 4.98 Å². The van der Waals surface area contributed by atoms with Crippen LogP contribution in [0.4, 0.5) is 4.79 Å². The van der Waals surface area contributed by atoms with Crippen LogP contribution in [0.5, 0.6) is 0 Å². The van der Waals surface area contributed by atoms with Crippen molar-refractivity contribution in [2.45, 2.75) is 58.9 Å². The van der Waals surface area contributed by atoms with Crippen molar-refractivity contribution >= 4 is 6.03 Å². The van der Waals surface area contributed by atoms with Gasteiger partial charge in [-0.3, -0.25) is 0 Å². The van der Waals surface area contributed by atoms with Crippen LogP contribution in [0.25, 0.3) is 0 Å². The minimum Gasteiger partial charge on any atom is -0.339 e. The SMILES string of the molecule is CC(C)=CCCNC(=O)N1CCC[C@@H]1c1noc(C(C)C)n1. The fourth-order valence-electron chi connectivity index (χ4n) is 2.54. The molecule has 0 spiro atoms. The first kappa shape index (κ1) is 16.5. The van der Waals surface area contributed by atoms with E-state index in [4.69, 9.17) is 4.52 Å². The van der Waals surface area contributed by atoms with Crippen molar-refractivity contribution < 1.29 is 9.32 Å². The highest BCUT2D eigenvalue weighted by Gasteiger charge is 2.33. The number of urea groups is 1. The van der Waals surface area contributed by atoms with Crippen molar-refractivity contribution in [1.82, 2.24) is 20.4 Å². The Bertz CT molecular complexity index is 532. The zero-order chi connectivity index (χ0) is 16.1. The average Bonchev–Trinajstić information content (AvgIpc) is 3.10. The van der Waals surface area contributed by atoms with Crippen LogP contribution in [-0.4, -0.2) is 34.2 Å². The smallest absolute Gasteiger partial charge is 0.318 e. The number of hydrogen-bond donors (Lipinski definition) is 1. The molecule has 2 heterocycles. The van der Waals surface area contributed by atoms with Crippen molar-refractivity contribution in [3.63, 3.8) is 0 Å². The number of carbonyl (C=O) groups excluding carboxylic acids is 1. The molecule has 1 atom stereocenters. The fourth-order valence-corrected chi connectivity index (χ4v) is 2.54. The molecule has 22 heavy (non-hydrogen) atoms. The third kappa shape index (κ3) is 4.08. The summed E-state index contributed by atoms with van der Waals surface area (Å²) in [7, 11) is 0. The van der Waals surface area contributed by atoms with Gasteiger partial charge in [-0.1, -0.05) is 30.7 Å². The number of nitrogens with one attached hydrogen (secondary N) is 1. The summed E-state index contributed by atoms with van der Waals surface area (Å²) in [6.07, 6.45) is 4.83. The van der Waals surface area contributed by atoms with E-state index < -0.39 is 0 Å². The molecule has 1 aromatic heterocycles. The second-order valence-corrected chi connectivity index (χ2v) is 6.30. The van der Waals surface area contributed by atoms with Gasteiger partial charge in [0.05, 0.1) is 6.04 Å². The van der Waals surface area contributed by atoms with Crippen LogP contribution in [0.3, 0.4) is 0 Å². The van der Waals surface area contributed by atoms with Gasteiger partial charge in [0.15, 0.2) is 5.82 Å². The van der Waals surface area contributed by atoms with Crippen molar-refractivity contribution in [2.24, 2.45) is 0 Å². The molecule has 0 aromatic carbocycles. The number of carbonyl (C=O) groups is 1. The molecule has 0 bridgehead atoms. The number of likely N-dealkylation sites (tertiary alicyclic amines) is 1. The fraction of sp³-hybridized carbons (Fsp3) is 0.688. The first-order chi connectivity index (χ1) is 10.5. The number of hydrogen-bond acceptors (Lipinski definition) is 4. The molecule has 0 aliphatic carbocycles. The molecule has 1 fully saturated rings. The molecule has 0 radical (unpaired) electrons. The summed E-state index contributed by atoms with van der Waals surface area (Å²) in [6, 6.07) is -0.111. The van der Waals surface area contributed by atoms with E-state index in [9.17, 15) is 4.79 Å². The van der Waals surface area contributed by atoms with E-state index in [0.717, 1.165) is 25.8 Å². The zero-order valence-electron chi connectivity index (χ0n) is 13.9. The Morgan fingerprint density at radius 2 is 2.27 bits per heavy atom. The van der Waals surface area contributed by atoms with E-state index >= 15 is 0 Å². The van der Waals surface area contributed by atoms with Crippen LogP contribution in [0.15, 0.2) is 16.2 Å². The molecule has 6 nitrogen and oxygen atoms in total. The van der Waals surface area contributed by atoms with Crippen LogP contribution in [0, 0.1) is 0 Å². The normalized spacial score (nSPS) is 17.9. The van der Waals surface area contributed by atoms with E-state index in [1.165, 1.54) is 5.57 Å². The Balaban J connectivity index is 1.94. The lowest BCUT2D eigenvalue weighted by Gasteiger charge is -2.22. The van der Waals surface area contributed by atoms with Crippen molar-refractivity contribution in [3.8, 4) is 0 Å². The molecular formula is C16H26N4O2. The first-order valence-electron chi connectivity index (χ1n) is 8.00. The third-order valence-corrected chi connectivity index (χ3v) is 3.74. The molecule has 1 N–H and O–H groups in total. The minimum absolute atomic E-state index is 0.0412. The Morgan fingerprint density at radius 1 is 1.50 bits per heavy atom. The molecule has 1 aromatic rings. The molecule has 1 aliphatic rings. The minimum atomic E-state index is -0.0697. The Labute approximate surface area is 132 Å². The second-order valence-electron chi connectivity index (χ2n) is 6.30. The van der Waals surface area contributed by atoms with E-state index in [-0.39, 0.29) is 18.0 Å². The molecule has 2 amide bonds. The highest BCUT2D eigenvalue weighted by molar-refractivity contribution is 5.74. The molecule has 6 heteroatoms. The molecular weight excluding hydrogens is 280 g/mol. The zero-order valence-corrected chi connectivity index (χ0v) is 13.9. The molecule has 2 rings (SSSR count). The van der Waals surface area contributed by atoms with Gasteiger partial charge >= 0.3 is 6.03 Å². The van der Waals surface area contributed by atoms with Gasteiger partial charge in [0.2, 0.25) is 5.89 Å². The topological polar surface area (TPSA) is 71.3 Å². The number of allylic oxidation sites excluding steroid dienone is 1. The van der Waals surface area contributed by atoms with Crippen LogP contribution in [-0.2, 0) is 0 Å². The van der Waals surface area contributed by atoms with Gasteiger partial charge in [-0.25, -0.2) is 4.79 Å². The summed E-state index contributed by atoms with van der Waals surface area (Å²) in [5, 5.41) is 7.02. The summed E-state index contributed by atoms with van der Waals surface area (Å²) in [5.74, 6) is 1.46. The molecule has 0 unspecified atom stereocenters. The van der Waals surface area contributed by atoms with Gasteiger partial charge in [-0.05, 0) is 33.1 Å². The molecule has 1 aliphatic heterocycles. The second kappa shape index (κ2) is 7.42. The average molecular weight is 306 g/mol. The number of aromatic nitrogens is 2. The number of rotatable bonds is 5. The Hall–Kier alpha value is -1.85. The summed E-state index contributed by atoms with van der Waals surface area (Å²) >= 11 is 0. The quantitative estimate of drug-likeness (QED) is 0.668. The predicted molar refractivity (Wildman–Crippen MR) is 84.5 cm³/mol. The van der Waals surface area contributed by atoms with E-state index in [1.54, 1.807) is 0 Å². The highest BCUT2D eigenvalue weighted by Crippen LogP contribution is 2.30. The van der Waals surface area contributed by atoms with Crippen LogP contribution < -0.4 is 5.32 Å². The van der Waals surface area contributed by atoms with Crippen molar-refractivity contribution in [2.75, 3.05) is 13.1 Å². The molecule has 0 saturated carbocycles. The first-order valence-corrected chi connectivity index (χ1v) is 8.00. The summed E-state index contributed by atoms with van der Waals surface area (Å²) < 4.78 is 5.26. The van der Waals surface area contributed by atoms with E-state index in [0.29, 0.717) is 18.3 Å². The summed E-state index contributed by atoms with van der Waals surface area (Å²) in [4.78, 5) is 18.6.